The minimum Gasteiger partial charge on any atom is -0.491 e. The van der Waals surface area contributed by atoms with Crippen LogP contribution in [0, 0.1) is 5.92 Å². The third-order valence-corrected chi connectivity index (χ3v) is 10.2. The van der Waals surface area contributed by atoms with Crippen molar-refractivity contribution in [3.05, 3.63) is 82.8 Å². The summed E-state index contributed by atoms with van der Waals surface area (Å²) in [6.07, 6.45) is 1.49. The molecule has 0 unspecified atom stereocenters. The summed E-state index contributed by atoms with van der Waals surface area (Å²) in [5.41, 5.74) is 0.618. The van der Waals surface area contributed by atoms with E-state index < -0.39 is 20.0 Å². The summed E-state index contributed by atoms with van der Waals surface area (Å²) >= 11 is 0. The molecule has 3 heterocycles. The van der Waals surface area contributed by atoms with Crippen LogP contribution in [-0.4, -0.2) is 48.5 Å². The van der Waals surface area contributed by atoms with Gasteiger partial charge in [0.2, 0.25) is 0 Å². The Morgan fingerprint density at radius 3 is 2.43 bits per heavy atom. The Morgan fingerprint density at radius 1 is 1.05 bits per heavy atom. The normalized spacial score (nSPS) is 25.1. The Labute approximate surface area is 216 Å². The molecule has 0 aliphatic carbocycles. The van der Waals surface area contributed by atoms with E-state index in [2.05, 4.69) is 0 Å². The predicted molar refractivity (Wildman–Crippen MR) is 143 cm³/mol. The van der Waals surface area contributed by atoms with Crippen LogP contribution >= 0.6 is 0 Å². The molecule has 1 aromatic heterocycles. The third-order valence-electron chi connectivity index (χ3n) is 7.71. The fraction of sp³-hybridized carbons (Fsp3) is 0.357. The van der Waals surface area contributed by atoms with Crippen molar-refractivity contribution < 1.29 is 24.2 Å². The van der Waals surface area contributed by atoms with Crippen LogP contribution in [0.4, 0.5) is 11.4 Å². The first-order valence-electron chi connectivity index (χ1n) is 12.5. The van der Waals surface area contributed by atoms with Crippen LogP contribution in [0.15, 0.2) is 71.7 Å². The number of ether oxygens (including phenoxy) is 2. The minimum atomic E-state index is -2.81. The van der Waals surface area contributed by atoms with Gasteiger partial charge in [-0.1, -0.05) is 25.1 Å². The van der Waals surface area contributed by atoms with Gasteiger partial charge in [0, 0.05) is 41.2 Å². The average Bonchev–Trinajstić information content (AvgIpc) is 3.31. The minimum absolute atomic E-state index is 0.114. The van der Waals surface area contributed by atoms with Gasteiger partial charge in [-0.25, -0.2) is 0 Å². The molecule has 37 heavy (non-hydrogen) atoms. The summed E-state index contributed by atoms with van der Waals surface area (Å²) < 4.78 is 13.4. The molecule has 9 heteroatoms. The monoisotopic (exact) mass is 520 g/mol. The third kappa shape index (κ3) is 3.85. The lowest BCUT2D eigenvalue weighted by molar-refractivity contribution is -0.145. The zero-order valence-electron chi connectivity index (χ0n) is 21.4. The Morgan fingerprint density at radius 2 is 1.78 bits per heavy atom. The number of anilines is 2. The first-order chi connectivity index (χ1) is 17.6. The van der Waals surface area contributed by atoms with E-state index in [1.165, 1.54) is 11.7 Å². The van der Waals surface area contributed by atoms with E-state index >= 15 is 0 Å². The Balaban J connectivity index is 1.75. The molecule has 0 bridgehead atoms. The molecule has 1 fully saturated rings. The summed E-state index contributed by atoms with van der Waals surface area (Å²) in [7, 11) is -1.36. The zero-order chi connectivity index (χ0) is 26.5. The number of nitrogens with zero attached hydrogens (tertiary/aromatic N) is 2. The predicted octanol–water partition coefficient (Wildman–Crippen LogP) is 3.70. The van der Waals surface area contributed by atoms with E-state index in [-0.39, 0.29) is 35.3 Å². The van der Waals surface area contributed by atoms with Gasteiger partial charge in [-0.2, -0.15) is 0 Å². The standard InChI is InChI=1S/C28H32N2O6Si/c1-18-25(37(3,4)34)23(14-16-31)36-28(18)21-17-20(29-15-8-11-24(35-2)26(29)32)12-13-22(21)30(27(28)33)19-9-6-5-7-10-19/h5-13,15,17-18,23,25,31,34H,14,16H2,1-4H3/t18-,23+,25-,28+/m0/s1. The van der Waals surface area contributed by atoms with Crippen molar-refractivity contribution in [2.45, 2.75) is 43.7 Å². The van der Waals surface area contributed by atoms with E-state index in [0.717, 1.165) is 0 Å². The van der Waals surface area contributed by atoms with Crippen molar-refractivity contribution in [3.63, 3.8) is 0 Å². The Bertz CT molecular complexity index is 1390. The lowest BCUT2D eigenvalue weighted by atomic mass is 9.82. The van der Waals surface area contributed by atoms with Crippen molar-refractivity contribution in [1.29, 1.82) is 0 Å². The molecule has 5 rings (SSSR count). The van der Waals surface area contributed by atoms with Gasteiger partial charge in [-0.3, -0.25) is 19.1 Å². The quantitative estimate of drug-likeness (QED) is 0.481. The molecule has 2 N–H and O–H groups in total. The second-order valence-corrected chi connectivity index (χ2v) is 14.3. The van der Waals surface area contributed by atoms with Crippen LogP contribution in [0.2, 0.25) is 18.6 Å². The van der Waals surface area contributed by atoms with E-state index in [9.17, 15) is 19.5 Å². The molecule has 2 aliphatic heterocycles. The molecule has 1 amide bonds. The van der Waals surface area contributed by atoms with E-state index in [4.69, 9.17) is 9.47 Å². The smallest absolute Gasteiger partial charge is 0.297 e. The summed E-state index contributed by atoms with van der Waals surface area (Å²) in [5.74, 6) is -0.394. The maximum Gasteiger partial charge on any atom is 0.297 e. The molecule has 2 aromatic carbocycles. The molecule has 1 spiro atoms. The van der Waals surface area contributed by atoms with E-state index in [0.29, 0.717) is 29.0 Å². The second kappa shape index (κ2) is 9.25. The number of carbonyl (C=O) groups excluding carboxylic acids is 1. The topological polar surface area (TPSA) is 101 Å². The zero-order valence-corrected chi connectivity index (χ0v) is 22.4. The molecular weight excluding hydrogens is 488 g/mol. The molecule has 1 saturated heterocycles. The van der Waals surface area contributed by atoms with Gasteiger partial charge < -0.3 is 19.4 Å². The molecular formula is C28H32N2O6Si. The van der Waals surface area contributed by atoms with Crippen LogP contribution in [0.1, 0.15) is 18.9 Å². The SMILES string of the molecule is COc1cccn(-c2ccc3c(c2)[C@@]2(O[C@H](CCO)[C@@H]([Si](C)(C)O)[C@@H]2C)C(=O)N3c2ccccc2)c1=O. The Kier molecular flexibility index (Phi) is 6.35. The van der Waals surface area contributed by atoms with Gasteiger partial charge in [0.1, 0.15) is 0 Å². The highest BCUT2D eigenvalue weighted by Gasteiger charge is 2.66. The number of hydrogen-bond acceptors (Lipinski definition) is 6. The molecule has 194 valence electrons. The first-order valence-corrected chi connectivity index (χ1v) is 15.5. The number of aromatic nitrogens is 1. The molecule has 4 atom stereocenters. The number of fused-ring (bicyclic) bond motifs is 2. The van der Waals surface area contributed by atoms with Crippen molar-refractivity contribution >= 4 is 25.6 Å². The maximum absolute atomic E-state index is 14.4. The maximum atomic E-state index is 14.4. The van der Waals surface area contributed by atoms with Crippen molar-refractivity contribution in [2.75, 3.05) is 18.6 Å². The van der Waals surface area contributed by atoms with Gasteiger partial charge in [0.05, 0.1) is 18.9 Å². The van der Waals surface area contributed by atoms with Crippen LogP contribution in [0.25, 0.3) is 5.69 Å². The van der Waals surface area contributed by atoms with Crippen molar-refractivity contribution in [3.8, 4) is 11.4 Å². The average molecular weight is 521 g/mol. The fourth-order valence-corrected chi connectivity index (χ4v) is 8.81. The number of carbonyl (C=O) groups is 1. The molecule has 0 saturated carbocycles. The van der Waals surface area contributed by atoms with Crippen molar-refractivity contribution in [2.24, 2.45) is 5.92 Å². The van der Waals surface area contributed by atoms with Crippen LogP contribution in [-0.2, 0) is 15.1 Å². The number of hydrogen-bond donors (Lipinski definition) is 2. The highest BCUT2D eigenvalue weighted by atomic mass is 28.4. The fourth-order valence-electron chi connectivity index (χ4n) is 6.20. The number of amides is 1. The molecule has 8 nitrogen and oxygen atoms in total. The van der Waals surface area contributed by atoms with Gasteiger partial charge >= 0.3 is 0 Å². The van der Waals surface area contributed by atoms with Gasteiger partial charge in [-0.15, -0.1) is 0 Å². The molecule has 3 aromatic rings. The number of rotatable bonds is 6. The summed E-state index contributed by atoms with van der Waals surface area (Å²) in [4.78, 5) is 40.4. The summed E-state index contributed by atoms with van der Waals surface area (Å²) in [6, 6.07) is 18.2. The number of benzene rings is 2. The number of aliphatic hydroxyl groups is 1. The van der Waals surface area contributed by atoms with Crippen LogP contribution in [0.5, 0.6) is 5.75 Å². The number of pyridine rings is 1. The van der Waals surface area contributed by atoms with Crippen molar-refractivity contribution in [1.82, 2.24) is 4.57 Å². The van der Waals surface area contributed by atoms with E-state index in [1.807, 2.05) is 62.5 Å². The van der Waals surface area contributed by atoms with Gasteiger partial charge in [-0.05, 0) is 62.0 Å². The highest BCUT2D eigenvalue weighted by molar-refractivity contribution is 6.71. The number of aliphatic hydroxyl groups excluding tert-OH is 1. The lowest BCUT2D eigenvalue weighted by Crippen LogP contribution is -2.45. The number of methoxy groups -OCH3 is 1. The second-order valence-electron chi connectivity index (χ2n) is 10.3. The molecule has 2 aliphatic rings. The van der Waals surface area contributed by atoms with Gasteiger partial charge in [0.25, 0.3) is 11.5 Å². The first kappa shape index (κ1) is 25.4. The lowest BCUT2D eigenvalue weighted by Gasteiger charge is -2.32. The summed E-state index contributed by atoms with van der Waals surface area (Å²) in [5, 5.41) is 9.80. The van der Waals surface area contributed by atoms with Gasteiger partial charge in [0.15, 0.2) is 19.7 Å². The van der Waals surface area contributed by atoms with E-state index in [1.54, 1.807) is 29.3 Å². The molecule has 0 radical (unpaired) electrons. The largest absolute Gasteiger partial charge is 0.491 e. The number of para-hydroxylation sites is 1. The summed E-state index contributed by atoms with van der Waals surface area (Å²) in [6.45, 7) is 5.54. The Hall–Kier alpha value is -3.24. The van der Waals surface area contributed by atoms with Crippen LogP contribution in [0.3, 0.4) is 0 Å². The highest BCUT2D eigenvalue weighted by Crippen LogP contribution is 2.60. The van der Waals surface area contributed by atoms with Crippen LogP contribution < -0.4 is 15.2 Å².